The van der Waals surface area contributed by atoms with Gasteiger partial charge in [0.2, 0.25) is 0 Å². The lowest BCUT2D eigenvalue weighted by Gasteiger charge is -2.27. The average Bonchev–Trinajstić information content (AvgIpc) is 2.82. The summed E-state index contributed by atoms with van der Waals surface area (Å²) in [7, 11) is -2.89. The minimum atomic E-state index is -2.89. The summed E-state index contributed by atoms with van der Waals surface area (Å²) in [5, 5.41) is 3.37. The van der Waals surface area contributed by atoms with E-state index in [-0.39, 0.29) is 11.3 Å². The fourth-order valence-corrected chi connectivity index (χ4v) is 5.67. The maximum atomic E-state index is 11.7. The van der Waals surface area contributed by atoms with Gasteiger partial charge in [-0.3, -0.25) is 0 Å². The van der Waals surface area contributed by atoms with Crippen molar-refractivity contribution in [2.75, 3.05) is 18.6 Å². The van der Waals surface area contributed by atoms with Crippen molar-refractivity contribution in [3.63, 3.8) is 0 Å². The van der Waals surface area contributed by atoms with Crippen molar-refractivity contribution in [3.05, 3.63) is 0 Å². The number of rotatable bonds is 4. The van der Waals surface area contributed by atoms with Crippen molar-refractivity contribution in [1.82, 2.24) is 5.32 Å². The molecule has 0 aromatic heterocycles. The van der Waals surface area contributed by atoms with Crippen LogP contribution in [-0.2, 0) is 9.84 Å². The topological polar surface area (TPSA) is 46.2 Å². The molecule has 100 valence electrons. The lowest BCUT2D eigenvalue weighted by Crippen LogP contribution is -2.45. The first kappa shape index (κ1) is 13.7. The fourth-order valence-electron chi connectivity index (χ4n) is 3.00. The molecule has 0 aromatic rings. The van der Waals surface area contributed by atoms with Gasteiger partial charge in [0, 0.05) is 23.6 Å². The van der Waals surface area contributed by atoms with E-state index in [4.69, 9.17) is 0 Å². The van der Waals surface area contributed by atoms with Gasteiger partial charge in [-0.05, 0) is 38.4 Å². The van der Waals surface area contributed by atoms with Gasteiger partial charge in [-0.1, -0.05) is 6.42 Å². The van der Waals surface area contributed by atoms with Crippen LogP contribution < -0.4 is 5.32 Å². The second-order valence-electron chi connectivity index (χ2n) is 5.69. The SMILES string of the molecule is CC1(CNC2CCCC2S(C)(=O)=O)CCCS1. The second-order valence-corrected chi connectivity index (χ2v) is 9.64. The molecule has 1 aliphatic heterocycles. The van der Waals surface area contributed by atoms with Crippen LogP contribution in [0.2, 0.25) is 0 Å². The molecule has 0 amide bonds. The van der Waals surface area contributed by atoms with E-state index in [9.17, 15) is 8.42 Å². The van der Waals surface area contributed by atoms with Crippen molar-refractivity contribution in [3.8, 4) is 0 Å². The van der Waals surface area contributed by atoms with Gasteiger partial charge < -0.3 is 5.32 Å². The second kappa shape index (κ2) is 5.10. The monoisotopic (exact) mass is 277 g/mol. The van der Waals surface area contributed by atoms with E-state index in [2.05, 4.69) is 12.2 Å². The van der Waals surface area contributed by atoms with Crippen LogP contribution in [0, 0.1) is 0 Å². The van der Waals surface area contributed by atoms with Gasteiger partial charge >= 0.3 is 0 Å². The first-order chi connectivity index (χ1) is 7.91. The van der Waals surface area contributed by atoms with Crippen molar-refractivity contribution in [1.29, 1.82) is 0 Å². The molecular weight excluding hydrogens is 254 g/mol. The summed E-state index contributed by atoms with van der Waals surface area (Å²) >= 11 is 2.02. The van der Waals surface area contributed by atoms with Gasteiger partial charge in [0.25, 0.3) is 0 Å². The van der Waals surface area contributed by atoms with Crippen molar-refractivity contribution in [2.24, 2.45) is 0 Å². The fraction of sp³-hybridized carbons (Fsp3) is 1.00. The number of nitrogens with one attached hydrogen (secondary N) is 1. The molecule has 0 spiro atoms. The van der Waals surface area contributed by atoms with Crippen LogP contribution in [0.5, 0.6) is 0 Å². The Morgan fingerprint density at radius 2 is 2.12 bits per heavy atom. The molecule has 1 N–H and O–H groups in total. The Morgan fingerprint density at radius 3 is 2.71 bits per heavy atom. The maximum absolute atomic E-state index is 11.7. The van der Waals surface area contributed by atoms with Gasteiger partial charge in [0.1, 0.15) is 0 Å². The molecule has 5 heteroatoms. The molecule has 1 saturated heterocycles. The zero-order chi connectivity index (χ0) is 12.5. The van der Waals surface area contributed by atoms with Gasteiger partial charge in [-0.25, -0.2) is 8.42 Å². The smallest absolute Gasteiger partial charge is 0.151 e. The summed E-state index contributed by atoms with van der Waals surface area (Å²) in [6.45, 7) is 3.25. The summed E-state index contributed by atoms with van der Waals surface area (Å²) in [6.07, 6.45) is 6.81. The third kappa shape index (κ3) is 3.38. The highest BCUT2D eigenvalue weighted by molar-refractivity contribution is 8.00. The van der Waals surface area contributed by atoms with Crippen molar-refractivity contribution < 1.29 is 8.42 Å². The molecule has 2 rings (SSSR count). The molecule has 2 fully saturated rings. The molecule has 17 heavy (non-hydrogen) atoms. The van der Waals surface area contributed by atoms with Gasteiger partial charge in [-0.15, -0.1) is 0 Å². The average molecular weight is 277 g/mol. The Balaban J connectivity index is 1.90. The highest BCUT2D eigenvalue weighted by Gasteiger charge is 2.37. The summed E-state index contributed by atoms with van der Waals surface area (Å²) in [5.74, 6) is 1.25. The number of hydrogen-bond acceptors (Lipinski definition) is 4. The Morgan fingerprint density at radius 1 is 1.35 bits per heavy atom. The molecule has 1 heterocycles. The molecular formula is C12H23NO2S2. The summed E-state index contributed by atoms with van der Waals surface area (Å²) < 4.78 is 23.7. The molecule has 3 atom stereocenters. The normalized spacial score (nSPS) is 38.7. The predicted octanol–water partition coefficient (Wildman–Crippen LogP) is 1.83. The first-order valence-electron chi connectivity index (χ1n) is 6.47. The minimum absolute atomic E-state index is 0.155. The lowest BCUT2D eigenvalue weighted by atomic mass is 10.1. The quantitative estimate of drug-likeness (QED) is 0.851. The van der Waals surface area contributed by atoms with Crippen LogP contribution in [-0.4, -0.2) is 43.0 Å². The molecule has 3 nitrogen and oxygen atoms in total. The minimum Gasteiger partial charge on any atom is -0.311 e. The van der Waals surface area contributed by atoms with Crippen molar-refractivity contribution in [2.45, 2.75) is 55.1 Å². The van der Waals surface area contributed by atoms with Crippen LogP contribution in [0.25, 0.3) is 0 Å². The summed E-state index contributed by atoms with van der Waals surface area (Å²) in [6, 6.07) is 0.183. The highest BCUT2D eigenvalue weighted by Crippen LogP contribution is 2.37. The van der Waals surface area contributed by atoms with Crippen LogP contribution in [0.4, 0.5) is 0 Å². The Bertz CT molecular complexity index is 361. The molecule has 0 radical (unpaired) electrons. The largest absolute Gasteiger partial charge is 0.311 e. The summed E-state index contributed by atoms with van der Waals surface area (Å²) in [4.78, 5) is 0. The lowest BCUT2D eigenvalue weighted by molar-refractivity contribution is 0.461. The highest BCUT2D eigenvalue weighted by atomic mass is 32.2. The molecule has 0 bridgehead atoms. The Kier molecular flexibility index (Phi) is 4.10. The van der Waals surface area contributed by atoms with E-state index in [1.54, 1.807) is 0 Å². The van der Waals surface area contributed by atoms with Crippen LogP contribution in [0.1, 0.15) is 39.0 Å². The molecule has 3 unspecified atom stereocenters. The van der Waals surface area contributed by atoms with E-state index in [0.717, 1.165) is 25.8 Å². The molecule has 2 aliphatic rings. The third-order valence-corrected chi connectivity index (χ3v) is 7.24. The number of sulfone groups is 1. The van der Waals surface area contributed by atoms with Gasteiger partial charge in [0.05, 0.1) is 5.25 Å². The number of hydrogen-bond donors (Lipinski definition) is 1. The van der Waals surface area contributed by atoms with Crippen LogP contribution in [0.3, 0.4) is 0 Å². The van der Waals surface area contributed by atoms with Crippen LogP contribution >= 0.6 is 11.8 Å². The van der Waals surface area contributed by atoms with E-state index in [1.807, 2.05) is 11.8 Å². The van der Waals surface area contributed by atoms with Crippen LogP contribution in [0.15, 0.2) is 0 Å². The standard InChI is InChI=1S/C12H23NO2S2/c1-12(7-4-8-16-12)9-13-10-5-3-6-11(10)17(2,14)15/h10-11,13H,3-9H2,1-2H3. The van der Waals surface area contributed by atoms with E-state index < -0.39 is 9.84 Å². The Labute approximate surface area is 109 Å². The van der Waals surface area contributed by atoms with Gasteiger partial charge in [-0.2, -0.15) is 11.8 Å². The first-order valence-corrected chi connectivity index (χ1v) is 9.41. The number of thioether (sulfide) groups is 1. The zero-order valence-corrected chi connectivity index (χ0v) is 12.4. The van der Waals surface area contributed by atoms with Crippen molar-refractivity contribution >= 4 is 21.6 Å². The van der Waals surface area contributed by atoms with E-state index >= 15 is 0 Å². The predicted molar refractivity (Wildman–Crippen MR) is 74.4 cm³/mol. The van der Waals surface area contributed by atoms with Gasteiger partial charge in [0.15, 0.2) is 9.84 Å². The van der Waals surface area contributed by atoms with E-state index in [0.29, 0.717) is 4.75 Å². The van der Waals surface area contributed by atoms with E-state index in [1.165, 1.54) is 24.9 Å². The molecule has 1 aliphatic carbocycles. The Hall–Kier alpha value is 0.260. The molecule has 1 saturated carbocycles. The zero-order valence-electron chi connectivity index (χ0n) is 10.7. The maximum Gasteiger partial charge on any atom is 0.151 e. The third-order valence-electron chi connectivity index (χ3n) is 4.04. The summed E-state index contributed by atoms with van der Waals surface area (Å²) in [5.41, 5.74) is 0. The molecule has 0 aromatic carbocycles.